The number of rotatable bonds is 1. The van der Waals surface area contributed by atoms with Crippen molar-refractivity contribution in [2.45, 2.75) is 6.92 Å². The third-order valence-electron chi connectivity index (χ3n) is 3.06. The van der Waals surface area contributed by atoms with Gasteiger partial charge in [-0.2, -0.15) is 0 Å². The SMILES string of the molecule is Cc1cc(-c2cc(Cl)ccc2Cl)c2ccccc2n1. The molecule has 0 bridgehead atoms. The van der Waals surface area contributed by atoms with Gasteiger partial charge in [0.05, 0.1) is 5.52 Å². The highest BCUT2D eigenvalue weighted by Crippen LogP contribution is 2.35. The van der Waals surface area contributed by atoms with Gasteiger partial charge in [0.15, 0.2) is 0 Å². The molecule has 1 aromatic heterocycles. The van der Waals surface area contributed by atoms with Crippen molar-refractivity contribution in [3.05, 3.63) is 64.3 Å². The highest BCUT2D eigenvalue weighted by atomic mass is 35.5. The van der Waals surface area contributed by atoms with Crippen LogP contribution in [0.3, 0.4) is 0 Å². The van der Waals surface area contributed by atoms with Crippen LogP contribution in [0, 0.1) is 6.92 Å². The molecule has 0 unspecified atom stereocenters. The average Bonchev–Trinajstić information content (AvgIpc) is 2.40. The third kappa shape index (κ3) is 2.32. The van der Waals surface area contributed by atoms with E-state index in [9.17, 15) is 0 Å². The van der Waals surface area contributed by atoms with Gasteiger partial charge in [-0.25, -0.2) is 0 Å². The number of pyridine rings is 1. The van der Waals surface area contributed by atoms with Crippen molar-refractivity contribution in [2.24, 2.45) is 0 Å². The van der Waals surface area contributed by atoms with Gasteiger partial charge >= 0.3 is 0 Å². The van der Waals surface area contributed by atoms with E-state index in [1.807, 2.05) is 49.4 Å². The van der Waals surface area contributed by atoms with Crippen molar-refractivity contribution >= 4 is 34.1 Å². The lowest BCUT2D eigenvalue weighted by Crippen LogP contribution is -1.89. The van der Waals surface area contributed by atoms with Crippen LogP contribution < -0.4 is 0 Å². The summed E-state index contributed by atoms with van der Waals surface area (Å²) in [5, 5.41) is 2.45. The highest BCUT2D eigenvalue weighted by Gasteiger charge is 2.10. The molecule has 94 valence electrons. The van der Waals surface area contributed by atoms with Crippen molar-refractivity contribution < 1.29 is 0 Å². The lowest BCUT2D eigenvalue weighted by molar-refractivity contribution is 1.26. The summed E-state index contributed by atoms with van der Waals surface area (Å²) in [6.45, 7) is 1.98. The monoisotopic (exact) mass is 287 g/mol. The summed E-state index contributed by atoms with van der Waals surface area (Å²) in [7, 11) is 0. The largest absolute Gasteiger partial charge is 0.253 e. The number of hydrogen-bond donors (Lipinski definition) is 0. The molecular weight excluding hydrogens is 277 g/mol. The maximum atomic E-state index is 6.30. The van der Waals surface area contributed by atoms with Crippen LogP contribution in [-0.4, -0.2) is 4.98 Å². The predicted molar refractivity (Wildman–Crippen MR) is 81.9 cm³/mol. The zero-order chi connectivity index (χ0) is 13.4. The summed E-state index contributed by atoms with van der Waals surface area (Å²) in [4.78, 5) is 4.54. The molecule has 2 aromatic carbocycles. The zero-order valence-electron chi connectivity index (χ0n) is 10.3. The van der Waals surface area contributed by atoms with Gasteiger partial charge in [0, 0.05) is 26.7 Å². The molecule has 3 rings (SSSR count). The van der Waals surface area contributed by atoms with Crippen LogP contribution >= 0.6 is 23.2 Å². The fraction of sp³-hybridized carbons (Fsp3) is 0.0625. The number of hydrogen-bond acceptors (Lipinski definition) is 1. The van der Waals surface area contributed by atoms with Crippen LogP contribution in [0.2, 0.25) is 10.0 Å². The number of aryl methyl sites for hydroxylation is 1. The van der Waals surface area contributed by atoms with Gasteiger partial charge in [-0.15, -0.1) is 0 Å². The van der Waals surface area contributed by atoms with E-state index in [1.54, 1.807) is 6.07 Å². The molecule has 1 nitrogen and oxygen atoms in total. The summed E-state index contributed by atoms with van der Waals surface area (Å²) in [6.07, 6.45) is 0. The van der Waals surface area contributed by atoms with E-state index in [1.165, 1.54) is 0 Å². The Labute approximate surface area is 121 Å². The van der Waals surface area contributed by atoms with Crippen molar-refractivity contribution in [2.75, 3.05) is 0 Å². The molecule has 0 aliphatic rings. The topological polar surface area (TPSA) is 12.9 Å². The Morgan fingerprint density at radius 2 is 1.68 bits per heavy atom. The van der Waals surface area contributed by atoms with Crippen LogP contribution in [0.4, 0.5) is 0 Å². The van der Waals surface area contributed by atoms with E-state index in [0.717, 1.165) is 27.7 Å². The Kier molecular flexibility index (Phi) is 3.17. The molecule has 3 aromatic rings. The normalized spacial score (nSPS) is 10.9. The van der Waals surface area contributed by atoms with Gasteiger partial charge in [0.1, 0.15) is 0 Å². The number of benzene rings is 2. The Bertz CT molecular complexity index is 766. The maximum absolute atomic E-state index is 6.30. The minimum absolute atomic E-state index is 0.679. The van der Waals surface area contributed by atoms with Crippen molar-refractivity contribution in [3.63, 3.8) is 0 Å². The van der Waals surface area contributed by atoms with E-state index in [4.69, 9.17) is 23.2 Å². The van der Waals surface area contributed by atoms with Crippen molar-refractivity contribution in [3.8, 4) is 11.1 Å². The number of aromatic nitrogens is 1. The molecule has 0 spiro atoms. The second-order valence-corrected chi connectivity index (χ2v) is 5.30. The Morgan fingerprint density at radius 1 is 0.895 bits per heavy atom. The van der Waals surface area contributed by atoms with E-state index in [0.29, 0.717) is 10.0 Å². The van der Waals surface area contributed by atoms with Crippen molar-refractivity contribution in [1.82, 2.24) is 4.98 Å². The van der Waals surface area contributed by atoms with Gasteiger partial charge in [-0.05, 0) is 42.8 Å². The second-order valence-electron chi connectivity index (χ2n) is 4.45. The van der Waals surface area contributed by atoms with Gasteiger partial charge in [0.2, 0.25) is 0 Å². The van der Waals surface area contributed by atoms with E-state index < -0.39 is 0 Å². The first-order chi connectivity index (χ1) is 9.15. The Hall–Kier alpha value is -1.57. The molecule has 0 radical (unpaired) electrons. The van der Waals surface area contributed by atoms with Crippen LogP contribution in [0.1, 0.15) is 5.69 Å². The summed E-state index contributed by atoms with van der Waals surface area (Å²) < 4.78 is 0. The Morgan fingerprint density at radius 3 is 2.53 bits per heavy atom. The molecule has 19 heavy (non-hydrogen) atoms. The maximum Gasteiger partial charge on any atom is 0.0711 e. The molecule has 0 aliphatic carbocycles. The molecule has 0 saturated heterocycles. The summed E-state index contributed by atoms with van der Waals surface area (Å²) >= 11 is 12.4. The van der Waals surface area contributed by atoms with Gasteiger partial charge in [0.25, 0.3) is 0 Å². The first kappa shape index (κ1) is 12.5. The minimum Gasteiger partial charge on any atom is -0.253 e. The predicted octanol–water partition coefficient (Wildman–Crippen LogP) is 5.52. The van der Waals surface area contributed by atoms with Crippen molar-refractivity contribution in [1.29, 1.82) is 0 Å². The van der Waals surface area contributed by atoms with Gasteiger partial charge in [-0.3, -0.25) is 4.98 Å². The lowest BCUT2D eigenvalue weighted by Gasteiger charge is -2.10. The van der Waals surface area contributed by atoms with E-state index in [2.05, 4.69) is 4.98 Å². The molecule has 0 fully saturated rings. The number of fused-ring (bicyclic) bond motifs is 1. The zero-order valence-corrected chi connectivity index (χ0v) is 11.8. The van der Waals surface area contributed by atoms with Gasteiger partial charge in [-0.1, -0.05) is 41.4 Å². The fourth-order valence-electron chi connectivity index (χ4n) is 2.23. The van der Waals surface area contributed by atoms with E-state index >= 15 is 0 Å². The molecule has 0 N–H and O–H groups in total. The quantitative estimate of drug-likeness (QED) is 0.574. The standard InChI is InChI=1S/C16H11Cl2N/c1-10-8-13(12-4-2-3-5-16(12)19-10)14-9-11(17)6-7-15(14)18/h2-9H,1H3. The third-order valence-corrected chi connectivity index (χ3v) is 3.63. The van der Waals surface area contributed by atoms with Crippen LogP contribution in [0.25, 0.3) is 22.0 Å². The molecule has 0 atom stereocenters. The summed E-state index contributed by atoms with van der Waals surface area (Å²) in [5.41, 5.74) is 3.93. The second kappa shape index (κ2) is 4.84. The fourth-order valence-corrected chi connectivity index (χ4v) is 2.63. The molecule has 1 heterocycles. The average molecular weight is 288 g/mol. The number of para-hydroxylation sites is 1. The first-order valence-electron chi connectivity index (χ1n) is 5.97. The number of halogens is 2. The molecular formula is C16H11Cl2N. The number of nitrogens with zero attached hydrogens (tertiary/aromatic N) is 1. The lowest BCUT2D eigenvalue weighted by atomic mass is 10.0. The van der Waals surface area contributed by atoms with Crippen LogP contribution in [0.5, 0.6) is 0 Å². The molecule has 0 amide bonds. The van der Waals surface area contributed by atoms with Crippen LogP contribution in [0.15, 0.2) is 48.5 Å². The van der Waals surface area contributed by atoms with E-state index in [-0.39, 0.29) is 0 Å². The highest BCUT2D eigenvalue weighted by molar-refractivity contribution is 6.35. The molecule has 0 saturated carbocycles. The van der Waals surface area contributed by atoms with Gasteiger partial charge < -0.3 is 0 Å². The molecule has 0 aliphatic heterocycles. The smallest absolute Gasteiger partial charge is 0.0711 e. The minimum atomic E-state index is 0.679. The first-order valence-corrected chi connectivity index (χ1v) is 6.72. The summed E-state index contributed by atoms with van der Waals surface area (Å²) in [6, 6.07) is 15.6. The van der Waals surface area contributed by atoms with Crippen LogP contribution in [-0.2, 0) is 0 Å². The summed E-state index contributed by atoms with van der Waals surface area (Å²) in [5.74, 6) is 0. The Balaban J connectivity index is 2.38. The molecule has 3 heteroatoms.